The van der Waals surface area contributed by atoms with E-state index in [9.17, 15) is 9.90 Å². The summed E-state index contributed by atoms with van der Waals surface area (Å²) in [6.45, 7) is 0.704. The van der Waals surface area contributed by atoms with Crippen LogP contribution in [0.2, 0.25) is 0 Å². The third-order valence-electron chi connectivity index (χ3n) is 5.94. The van der Waals surface area contributed by atoms with Gasteiger partial charge < -0.3 is 19.7 Å². The molecule has 2 atom stereocenters. The first-order valence-electron chi connectivity index (χ1n) is 10.8. The molecule has 166 valence electrons. The topological polar surface area (TPSA) is 88.9 Å². The standard InChI is InChI=1S/C27H23NO5/c29-26-20(13-17-5-7-19(8-6-17)27(30)31)15-33-25-12-11-22(14-23(25)26)32-16-21-10-9-18-3-1-2-4-24(18)28-21/h1-12,14,20,26,29H,13,15-16H2,(H,30,31)/t20-,26+/m1/s1. The van der Waals surface area contributed by atoms with Gasteiger partial charge in [0.2, 0.25) is 0 Å². The molecule has 2 heterocycles. The number of pyridine rings is 1. The van der Waals surface area contributed by atoms with Gasteiger partial charge in [0.05, 0.1) is 29.5 Å². The van der Waals surface area contributed by atoms with Crippen LogP contribution in [-0.4, -0.2) is 27.8 Å². The first kappa shape index (κ1) is 21.0. The van der Waals surface area contributed by atoms with Crippen LogP contribution in [0, 0.1) is 5.92 Å². The minimum Gasteiger partial charge on any atom is -0.493 e. The van der Waals surface area contributed by atoms with Gasteiger partial charge in [0.25, 0.3) is 0 Å². The second kappa shape index (κ2) is 8.92. The molecule has 5 rings (SSSR count). The van der Waals surface area contributed by atoms with Crippen LogP contribution in [0.3, 0.4) is 0 Å². The van der Waals surface area contributed by atoms with E-state index in [2.05, 4.69) is 4.98 Å². The van der Waals surface area contributed by atoms with Crippen molar-refractivity contribution in [1.82, 2.24) is 4.98 Å². The van der Waals surface area contributed by atoms with Gasteiger partial charge in [-0.25, -0.2) is 9.78 Å². The molecule has 1 aliphatic rings. The third-order valence-corrected chi connectivity index (χ3v) is 5.94. The van der Waals surface area contributed by atoms with Crippen molar-refractivity contribution in [3.05, 3.63) is 101 Å². The van der Waals surface area contributed by atoms with Crippen molar-refractivity contribution in [2.75, 3.05) is 6.61 Å². The van der Waals surface area contributed by atoms with E-state index < -0.39 is 12.1 Å². The quantitative estimate of drug-likeness (QED) is 0.447. The summed E-state index contributed by atoms with van der Waals surface area (Å²) in [6, 6.07) is 24.1. The summed E-state index contributed by atoms with van der Waals surface area (Å²) in [5.41, 5.74) is 3.63. The Kier molecular flexibility index (Phi) is 5.67. The molecule has 1 aliphatic heterocycles. The van der Waals surface area contributed by atoms with Crippen molar-refractivity contribution >= 4 is 16.9 Å². The summed E-state index contributed by atoms with van der Waals surface area (Å²) in [5.74, 6) is 0.183. The third kappa shape index (κ3) is 4.52. The van der Waals surface area contributed by atoms with E-state index in [4.69, 9.17) is 14.6 Å². The smallest absolute Gasteiger partial charge is 0.335 e. The molecule has 0 amide bonds. The van der Waals surface area contributed by atoms with Gasteiger partial charge in [-0.15, -0.1) is 0 Å². The Hall–Kier alpha value is -3.90. The number of carboxylic acid groups (broad SMARTS) is 1. The second-order valence-corrected chi connectivity index (χ2v) is 8.21. The van der Waals surface area contributed by atoms with Crippen LogP contribution in [0.5, 0.6) is 11.5 Å². The zero-order chi connectivity index (χ0) is 22.8. The van der Waals surface area contributed by atoms with Crippen molar-refractivity contribution in [2.24, 2.45) is 5.92 Å². The van der Waals surface area contributed by atoms with E-state index in [0.717, 1.165) is 22.2 Å². The summed E-state index contributed by atoms with van der Waals surface area (Å²) in [4.78, 5) is 15.7. The maximum absolute atomic E-state index is 11.0. The molecular weight excluding hydrogens is 418 g/mol. The highest BCUT2D eigenvalue weighted by atomic mass is 16.5. The number of carbonyl (C=O) groups is 1. The molecule has 0 aliphatic carbocycles. The summed E-state index contributed by atoms with van der Waals surface area (Å²) in [5, 5.41) is 21.2. The molecule has 0 fully saturated rings. The fourth-order valence-electron chi connectivity index (χ4n) is 4.12. The van der Waals surface area contributed by atoms with Crippen molar-refractivity contribution in [3.8, 4) is 11.5 Å². The number of aliphatic hydroxyl groups excluding tert-OH is 1. The Bertz CT molecular complexity index is 1300. The molecule has 0 unspecified atom stereocenters. The summed E-state index contributed by atoms with van der Waals surface area (Å²) < 4.78 is 11.8. The minimum atomic E-state index is -0.956. The summed E-state index contributed by atoms with van der Waals surface area (Å²) in [7, 11) is 0. The molecule has 0 radical (unpaired) electrons. The highest BCUT2D eigenvalue weighted by Crippen LogP contribution is 2.39. The highest BCUT2D eigenvalue weighted by Gasteiger charge is 2.30. The average Bonchev–Trinajstić information content (AvgIpc) is 2.85. The van der Waals surface area contributed by atoms with Crippen LogP contribution in [0.1, 0.15) is 33.3 Å². The summed E-state index contributed by atoms with van der Waals surface area (Å²) in [6.07, 6.45) is -0.137. The van der Waals surface area contributed by atoms with Crippen LogP contribution in [0.25, 0.3) is 10.9 Å². The predicted octanol–water partition coefficient (Wildman–Crippen LogP) is 4.80. The number of nitrogens with zero attached hydrogens (tertiary/aromatic N) is 1. The lowest BCUT2D eigenvalue weighted by Crippen LogP contribution is -2.27. The van der Waals surface area contributed by atoms with Gasteiger partial charge in [0, 0.05) is 16.9 Å². The first-order valence-corrected chi connectivity index (χ1v) is 10.8. The molecule has 6 heteroatoms. The van der Waals surface area contributed by atoms with Crippen molar-refractivity contribution in [2.45, 2.75) is 19.1 Å². The van der Waals surface area contributed by atoms with Gasteiger partial charge in [-0.1, -0.05) is 36.4 Å². The molecule has 2 N–H and O–H groups in total. The van der Waals surface area contributed by atoms with Crippen LogP contribution >= 0.6 is 0 Å². The van der Waals surface area contributed by atoms with E-state index in [1.165, 1.54) is 0 Å². The molecule has 0 spiro atoms. The van der Waals surface area contributed by atoms with E-state index in [1.54, 1.807) is 24.3 Å². The lowest BCUT2D eigenvalue weighted by Gasteiger charge is -2.30. The number of hydrogen-bond donors (Lipinski definition) is 2. The molecule has 0 saturated carbocycles. The number of aromatic carboxylic acids is 1. The zero-order valence-electron chi connectivity index (χ0n) is 17.8. The van der Waals surface area contributed by atoms with Gasteiger partial charge in [0.15, 0.2) is 0 Å². The maximum Gasteiger partial charge on any atom is 0.335 e. The van der Waals surface area contributed by atoms with Gasteiger partial charge in [-0.05, 0) is 54.4 Å². The molecule has 4 aromatic rings. The molecular formula is C27H23NO5. The van der Waals surface area contributed by atoms with Gasteiger partial charge in [-0.3, -0.25) is 0 Å². The molecule has 6 nitrogen and oxygen atoms in total. The number of benzene rings is 3. The Balaban J connectivity index is 1.28. The number of carboxylic acids is 1. The van der Waals surface area contributed by atoms with Gasteiger partial charge in [-0.2, -0.15) is 0 Å². The van der Waals surface area contributed by atoms with E-state index in [-0.39, 0.29) is 11.5 Å². The number of para-hydroxylation sites is 1. The number of ether oxygens (including phenoxy) is 2. The number of fused-ring (bicyclic) bond motifs is 2. The van der Waals surface area contributed by atoms with Crippen molar-refractivity contribution in [3.63, 3.8) is 0 Å². The first-order chi connectivity index (χ1) is 16.1. The van der Waals surface area contributed by atoms with Crippen molar-refractivity contribution in [1.29, 1.82) is 0 Å². The second-order valence-electron chi connectivity index (χ2n) is 8.21. The lowest BCUT2D eigenvalue weighted by molar-refractivity contribution is 0.0504. The number of aliphatic hydroxyl groups is 1. The Morgan fingerprint density at radius 1 is 1.03 bits per heavy atom. The number of hydrogen-bond acceptors (Lipinski definition) is 5. The highest BCUT2D eigenvalue weighted by molar-refractivity contribution is 5.87. The lowest BCUT2D eigenvalue weighted by atomic mass is 9.88. The Morgan fingerprint density at radius 2 is 1.85 bits per heavy atom. The fourth-order valence-corrected chi connectivity index (χ4v) is 4.12. The van der Waals surface area contributed by atoms with E-state index in [1.807, 2.05) is 54.6 Å². The van der Waals surface area contributed by atoms with Crippen LogP contribution in [-0.2, 0) is 13.0 Å². The Labute approximate surface area is 191 Å². The van der Waals surface area contributed by atoms with Crippen molar-refractivity contribution < 1.29 is 24.5 Å². The van der Waals surface area contributed by atoms with E-state index in [0.29, 0.717) is 36.7 Å². The van der Waals surface area contributed by atoms with E-state index >= 15 is 0 Å². The summed E-state index contributed by atoms with van der Waals surface area (Å²) >= 11 is 0. The van der Waals surface area contributed by atoms with Crippen LogP contribution in [0.4, 0.5) is 0 Å². The fraction of sp³-hybridized carbons (Fsp3) is 0.185. The minimum absolute atomic E-state index is 0.148. The predicted molar refractivity (Wildman–Crippen MR) is 124 cm³/mol. The SMILES string of the molecule is O=C(O)c1ccc(C[C@@H]2COc3ccc(OCc4ccc5ccccc5n4)cc3[C@H]2O)cc1. The molecule has 3 aromatic carbocycles. The molecule has 0 saturated heterocycles. The largest absolute Gasteiger partial charge is 0.493 e. The van der Waals surface area contributed by atoms with Gasteiger partial charge >= 0.3 is 5.97 Å². The van der Waals surface area contributed by atoms with Gasteiger partial charge in [0.1, 0.15) is 18.1 Å². The maximum atomic E-state index is 11.0. The zero-order valence-corrected chi connectivity index (χ0v) is 17.8. The Morgan fingerprint density at radius 3 is 2.67 bits per heavy atom. The van der Waals surface area contributed by atoms with Crippen LogP contribution < -0.4 is 9.47 Å². The molecule has 33 heavy (non-hydrogen) atoms. The average molecular weight is 441 g/mol. The number of aromatic nitrogens is 1. The number of rotatable bonds is 6. The molecule has 0 bridgehead atoms. The van der Waals surface area contributed by atoms with Crippen LogP contribution in [0.15, 0.2) is 78.9 Å². The molecule has 1 aromatic heterocycles. The normalized spacial score (nSPS) is 17.2. The monoisotopic (exact) mass is 441 g/mol.